The number of fused-ring (bicyclic) bond motifs is 1. The number of hydrogen-bond donors (Lipinski definition) is 0. The Morgan fingerprint density at radius 2 is 1.50 bits per heavy atom. The third-order valence-corrected chi connectivity index (χ3v) is 7.76. The van der Waals surface area contributed by atoms with Crippen LogP contribution in [0.3, 0.4) is 0 Å². The third kappa shape index (κ3) is 4.07. The van der Waals surface area contributed by atoms with Crippen molar-refractivity contribution >= 4 is 57.5 Å². The highest BCUT2D eigenvalue weighted by atomic mass is 32.2. The molecular weight excluding hydrogens is 476 g/mol. The molecule has 3 aromatic carbocycles. The van der Waals surface area contributed by atoms with E-state index in [0.717, 1.165) is 27.9 Å². The molecule has 8 nitrogen and oxygen atoms in total. The van der Waals surface area contributed by atoms with Gasteiger partial charge in [0.1, 0.15) is 0 Å². The first kappa shape index (κ1) is 22.5. The van der Waals surface area contributed by atoms with Gasteiger partial charge in [0, 0.05) is 51.7 Å². The highest BCUT2D eigenvalue weighted by Crippen LogP contribution is 2.39. The summed E-state index contributed by atoms with van der Waals surface area (Å²) in [4.78, 5) is 38.9. The van der Waals surface area contributed by atoms with Crippen LogP contribution in [0.2, 0.25) is 0 Å². The summed E-state index contributed by atoms with van der Waals surface area (Å²) in [6.07, 6.45) is 0. The molecule has 0 aromatic heterocycles. The van der Waals surface area contributed by atoms with Gasteiger partial charge in [-0.05, 0) is 30.3 Å². The molecule has 0 saturated carbocycles. The Morgan fingerprint density at radius 1 is 0.824 bits per heavy atom. The van der Waals surface area contributed by atoms with Crippen LogP contribution in [0.5, 0.6) is 11.5 Å². The Kier molecular flexibility index (Phi) is 6.34. The maximum absolute atomic E-state index is 13.4. The summed E-state index contributed by atoms with van der Waals surface area (Å²) in [5.74, 6) is 3.74. The van der Waals surface area contributed by atoms with Crippen molar-refractivity contribution in [2.45, 2.75) is 0 Å². The van der Waals surface area contributed by atoms with Gasteiger partial charge in [0.15, 0.2) is 11.5 Å². The first-order valence-electron chi connectivity index (χ1n) is 10.7. The van der Waals surface area contributed by atoms with Gasteiger partial charge in [-0.1, -0.05) is 6.07 Å². The van der Waals surface area contributed by atoms with Crippen LogP contribution in [0, 0.1) is 10.1 Å². The lowest BCUT2D eigenvalue weighted by atomic mass is 9.92. The Bertz CT molecular complexity index is 1290. The fourth-order valence-electron chi connectivity index (χ4n) is 4.09. The quantitative estimate of drug-likeness (QED) is 0.284. The fraction of sp³-hybridized carbons (Fsp3) is 0.250. The number of nitro benzene ring substituents is 1. The van der Waals surface area contributed by atoms with Crippen molar-refractivity contribution < 1.29 is 24.0 Å². The van der Waals surface area contributed by atoms with Gasteiger partial charge in [-0.25, -0.2) is 4.90 Å². The SMILES string of the molecule is O=C1c2cccc3c([N+](=O)[O-])ccc(c23)C(=O)N1c1ccc2c(c1)OCCSCCSCCO2. The number of thioether (sulfide) groups is 2. The van der Waals surface area contributed by atoms with E-state index in [2.05, 4.69) is 0 Å². The number of anilines is 1. The van der Waals surface area contributed by atoms with Gasteiger partial charge in [0.05, 0.1) is 29.2 Å². The number of carbonyl (C=O) groups is 2. The summed E-state index contributed by atoms with van der Waals surface area (Å²) in [5, 5.41) is 12.0. The second-order valence-electron chi connectivity index (χ2n) is 7.62. The van der Waals surface area contributed by atoms with Gasteiger partial charge in [-0.2, -0.15) is 23.5 Å². The molecule has 0 fully saturated rings. The number of carbonyl (C=O) groups excluding carboxylic acids is 2. The molecule has 0 atom stereocenters. The Hall–Kier alpha value is -3.24. The molecule has 5 rings (SSSR count). The molecule has 2 aliphatic rings. The summed E-state index contributed by atoms with van der Waals surface area (Å²) in [6, 6.07) is 12.5. The van der Waals surface area contributed by atoms with E-state index in [0.29, 0.717) is 35.8 Å². The van der Waals surface area contributed by atoms with Crippen LogP contribution in [0.1, 0.15) is 20.7 Å². The minimum Gasteiger partial charge on any atom is -0.489 e. The Labute approximate surface area is 203 Å². The summed E-state index contributed by atoms with van der Waals surface area (Å²) in [7, 11) is 0. The number of nitrogens with zero attached hydrogens (tertiary/aromatic N) is 2. The lowest BCUT2D eigenvalue weighted by Gasteiger charge is -2.27. The van der Waals surface area contributed by atoms with Gasteiger partial charge in [0.25, 0.3) is 17.5 Å². The number of benzene rings is 3. The topological polar surface area (TPSA) is 99.0 Å². The highest BCUT2D eigenvalue weighted by molar-refractivity contribution is 8.02. The number of rotatable bonds is 2. The van der Waals surface area contributed by atoms with Crippen LogP contribution in [0.25, 0.3) is 10.8 Å². The number of imide groups is 1. The van der Waals surface area contributed by atoms with Crippen molar-refractivity contribution in [2.24, 2.45) is 0 Å². The van der Waals surface area contributed by atoms with Crippen molar-refractivity contribution in [3.63, 3.8) is 0 Å². The van der Waals surface area contributed by atoms with Gasteiger partial charge < -0.3 is 9.47 Å². The molecule has 2 heterocycles. The third-order valence-electron chi connectivity index (χ3n) is 5.61. The average Bonchev–Trinajstić information content (AvgIpc) is 2.83. The molecule has 0 saturated heterocycles. The maximum Gasteiger partial charge on any atom is 0.277 e. The molecule has 10 heteroatoms. The second kappa shape index (κ2) is 9.55. The van der Waals surface area contributed by atoms with Crippen LogP contribution >= 0.6 is 23.5 Å². The van der Waals surface area contributed by atoms with E-state index in [4.69, 9.17) is 9.47 Å². The molecule has 2 aliphatic heterocycles. The van der Waals surface area contributed by atoms with Crippen molar-refractivity contribution in [1.82, 2.24) is 0 Å². The van der Waals surface area contributed by atoms with Crippen LogP contribution in [-0.4, -0.2) is 53.0 Å². The van der Waals surface area contributed by atoms with Gasteiger partial charge in [0.2, 0.25) is 0 Å². The van der Waals surface area contributed by atoms with Crippen molar-refractivity contribution in [2.75, 3.05) is 41.1 Å². The van der Waals surface area contributed by atoms with E-state index in [1.165, 1.54) is 12.1 Å². The molecule has 34 heavy (non-hydrogen) atoms. The maximum atomic E-state index is 13.4. The Morgan fingerprint density at radius 3 is 2.21 bits per heavy atom. The van der Waals surface area contributed by atoms with Crippen molar-refractivity contribution in [1.29, 1.82) is 0 Å². The van der Waals surface area contributed by atoms with E-state index in [1.807, 2.05) is 23.5 Å². The van der Waals surface area contributed by atoms with E-state index in [1.54, 1.807) is 36.4 Å². The lowest BCUT2D eigenvalue weighted by molar-refractivity contribution is -0.383. The van der Waals surface area contributed by atoms with Crippen LogP contribution in [-0.2, 0) is 0 Å². The smallest absolute Gasteiger partial charge is 0.277 e. The standard InChI is InChI=1S/C24H20N2O6S2/c27-23-17-3-1-2-16-19(26(29)30)6-5-18(22(16)17)24(28)25(23)15-4-7-20-21(14-15)32-9-11-34-13-12-33-10-8-31-20/h1-7,14H,8-13H2. The number of nitro groups is 1. The second-order valence-corrected chi connectivity index (χ2v) is 10.1. The monoisotopic (exact) mass is 496 g/mol. The molecule has 2 amide bonds. The van der Waals surface area contributed by atoms with Crippen molar-refractivity contribution in [3.8, 4) is 11.5 Å². The largest absolute Gasteiger partial charge is 0.489 e. The molecule has 0 aliphatic carbocycles. The van der Waals surface area contributed by atoms with E-state index in [-0.39, 0.29) is 22.2 Å². The van der Waals surface area contributed by atoms with Gasteiger partial charge in [-0.15, -0.1) is 0 Å². The zero-order valence-electron chi connectivity index (χ0n) is 18.0. The molecule has 0 N–H and O–H groups in total. The molecule has 0 radical (unpaired) electrons. The van der Waals surface area contributed by atoms with Crippen LogP contribution in [0.4, 0.5) is 11.4 Å². The normalized spacial score (nSPS) is 16.6. The molecular formula is C24H20N2O6S2. The van der Waals surface area contributed by atoms with Gasteiger partial charge in [-0.3, -0.25) is 19.7 Å². The average molecular weight is 497 g/mol. The summed E-state index contributed by atoms with van der Waals surface area (Å²) >= 11 is 3.65. The number of non-ortho nitro benzene ring substituents is 1. The predicted molar refractivity (Wildman–Crippen MR) is 134 cm³/mol. The van der Waals surface area contributed by atoms with Crippen LogP contribution < -0.4 is 14.4 Å². The van der Waals surface area contributed by atoms with Gasteiger partial charge >= 0.3 is 0 Å². The summed E-state index contributed by atoms with van der Waals surface area (Å²) in [5.41, 5.74) is 0.701. The summed E-state index contributed by atoms with van der Waals surface area (Å²) in [6.45, 7) is 1.00. The van der Waals surface area contributed by atoms with Crippen molar-refractivity contribution in [3.05, 3.63) is 69.8 Å². The highest BCUT2D eigenvalue weighted by Gasteiger charge is 2.36. The van der Waals surface area contributed by atoms with E-state index < -0.39 is 16.7 Å². The molecule has 0 unspecified atom stereocenters. The minimum absolute atomic E-state index is 0.143. The van der Waals surface area contributed by atoms with Crippen LogP contribution in [0.15, 0.2) is 48.5 Å². The number of hydrogen-bond acceptors (Lipinski definition) is 8. The number of amides is 2. The number of ether oxygens (including phenoxy) is 2. The first-order chi connectivity index (χ1) is 16.6. The molecule has 3 aromatic rings. The first-order valence-corrected chi connectivity index (χ1v) is 13.0. The summed E-state index contributed by atoms with van der Waals surface area (Å²) < 4.78 is 11.8. The molecule has 174 valence electrons. The fourth-order valence-corrected chi connectivity index (χ4v) is 5.84. The molecule has 0 spiro atoms. The zero-order valence-corrected chi connectivity index (χ0v) is 19.7. The van der Waals surface area contributed by atoms with E-state index in [9.17, 15) is 19.7 Å². The lowest BCUT2D eigenvalue weighted by Crippen LogP contribution is -2.40. The predicted octanol–water partition coefficient (Wildman–Crippen LogP) is 4.79. The minimum atomic E-state index is -0.537. The molecule has 0 bridgehead atoms. The zero-order chi connectivity index (χ0) is 23.7. The Balaban J connectivity index is 1.54. The van der Waals surface area contributed by atoms with E-state index >= 15 is 0 Å².